The molecule has 1 fully saturated rings. The van der Waals surface area contributed by atoms with Gasteiger partial charge >= 0.3 is 0 Å². The van der Waals surface area contributed by atoms with Crippen molar-refractivity contribution in [3.8, 4) is 5.75 Å². The van der Waals surface area contributed by atoms with Gasteiger partial charge in [0.2, 0.25) is 0 Å². The molecular weight excluding hydrogens is 248 g/mol. The molecule has 1 aliphatic heterocycles. The van der Waals surface area contributed by atoms with Crippen LogP contribution in [0.1, 0.15) is 37.3 Å². The molecule has 0 saturated carbocycles. The number of rotatable bonds is 6. The molecule has 1 aliphatic rings. The maximum absolute atomic E-state index is 5.52. The summed E-state index contributed by atoms with van der Waals surface area (Å²) in [6.45, 7) is 6.67. The largest absolute Gasteiger partial charge is 0.496 e. The van der Waals surface area contributed by atoms with E-state index in [9.17, 15) is 0 Å². The van der Waals surface area contributed by atoms with Gasteiger partial charge in [0.15, 0.2) is 0 Å². The monoisotopic (exact) mass is 276 g/mol. The molecule has 0 radical (unpaired) electrons. The van der Waals surface area contributed by atoms with Crippen LogP contribution >= 0.6 is 0 Å². The summed E-state index contributed by atoms with van der Waals surface area (Å²) in [5.74, 6) is 1.95. The quantitative estimate of drug-likeness (QED) is 0.864. The summed E-state index contributed by atoms with van der Waals surface area (Å²) < 4.78 is 5.52. The number of benzene rings is 1. The molecule has 112 valence electrons. The van der Waals surface area contributed by atoms with Crippen LogP contribution in [0.4, 0.5) is 0 Å². The van der Waals surface area contributed by atoms with E-state index in [1.54, 1.807) is 7.11 Å². The van der Waals surface area contributed by atoms with Gasteiger partial charge in [0.05, 0.1) is 7.11 Å². The van der Waals surface area contributed by atoms with Crippen LogP contribution in [0.5, 0.6) is 5.75 Å². The number of hydrogen-bond donors (Lipinski definition) is 1. The predicted molar refractivity (Wildman–Crippen MR) is 84.0 cm³/mol. The molecule has 20 heavy (non-hydrogen) atoms. The van der Waals surface area contributed by atoms with Crippen LogP contribution in [0.3, 0.4) is 0 Å². The van der Waals surface area contributed by atoms with Crippen LogP contribution < -0.4 is 10.1 Å². The minimum absolute atomic E-state index is 0.912. The summed E-state index contributed by atoms with van der Waals surface area (Å²) in [6, 6.07) is 6.52. The molecule has 3 nitrogen and oxygen atoms in total. The maximum atomic E-state index is 5.52. The Bertz CT molecular complexity index is 411. The maximum Gasteiger partial charge on any atom is 0.123 e. The van der Waals surface area contributed by atoms with Crippen LogP contribution in [0.25, 0.3) is 0 Å². The highest BCUT2D eigenvalue weighted by atomic mass is 16.5. The second-order valence-corrected chi connectivity index (χ2v) is 5.80. The van der Waals surface area contributed by atoms with Crippen molar-refractivity contribution in [1.29, 1.82) is 0 Å². The van der Waals surface area contributed by atoms with Gasteiger partial charge < -0.3 is 10.1 Å². The zero-order valence-electron chi connectivity index (χ0n) is 13.1. The first-order chi connectivity index (χ1) is 9.76. The summed E-state index contributed by atoms with van der Waals surface area (Å²) in [5, 5.41) is 3.21. The number of likely N-dealkylation sites (tertiary alicyclic amines) is 1. The molecule has 0 spiro atoms. The Morgan fingerprint density at radius 2 is 2.05 bits per heavy atom. The fraction of sp³-hybridized carbons (Fsp3) is 0.647. The molecule has 1 saturated heterocycles. The van der Waals surface area contributed by atoms with E-state index in [0.717, 1.165) is 24.8 Å². The van der Waals surface area contributed by atoms with Gasteiger partial charge in [-0.25, -0.2) is 0 Å². The first-order valence-corrected chi connectivity index (χ1v) is 7.79. The van der Waals surface area contributed by atoms with Crippen molar-refractivity contribution in [1.82, 2.24) is 10.2 Å². The Hall–Kier alpha value is -1.06. The van der Waals surface area contributed by atoms with Gasteiger partial charge in [0, 0.05) is 18.7 Å². The van der Waals surface area contributed by atoms with Crippen LogP contribution in [-0.4, -0.2) is 32.1 Å². The second-order valence-electron chi connectivity index (χ2n) is 5.80. The number of hydrogen-bond acceptors (Lipinski definition) is 3. The van der Waals surface area contributed by atoms with Gasteiger partial charge in [-0.1, -0.05) is 19.4 Å². The van der Waals surface area contributed by atoms with Crippen molar-refractivity contribution < 1.29 is 4.74 Å². The standard InChI is InChI=1S/C17H28N2O/c1-4-14-7-9-19(10-8-14)13-16-11-15(12-18-2)5-6-17(16)20-3/h5-6,11,14,18H,4,7-10,12-13H2,1-3H3. The summed E-state index contributed by atoms with van der Waals surface area (Å²) in [4.78, 5) is 2.56. The van der Waals surface area contributed by atoms with Crippen molar-refractivity contribution in [3.05, 3.63) is 29.3 Å². The SMILES string of the molecule is CCC1CCN(Cc2cc(CNC)ccc2OC)CC1. The average molecular weight is 276 g/mol. The summed E-state index contributed by atoms with van der Waals surface area (Å²) in [5.41, 5.74) is 2.64. The van der Waals surface area contributed by atoms with Gasteiger partial charge in [0.25, 0.3) is 0 Å². The molecule has 3 heteroatoms. The minimum Gasteiger partial charge on any atom is -0.496 e. The Balaban J connectivity index is 2.02. The highest BCUT2D eigenvalue weighted by molar-refractivity contribution is 5.37. The van der Waals surface area contributed by atoms with E-state index < -0.39 is 0 Å². The predicted octanol–water partition coefficient (Wildman–Crippen LogP) is 3.04. The van der Waals surface area contributed by atoms with Gasteiger partial charge in [-0.15, -0.1) is 0 Å². The third-order valence-electron chi connectivity index (χ3n) is 4.40. The first kappa shape index (κ1) is 15.3. The minimum atomic E-state index is 0.912. The van der Waals surface area contributed by atoms with Gasteiger partial charge in [-0.3, -0.25) is 4.90 Å². The zero-order valence-corrected chi connectivity index (χ0v) is 13.1. The van der Waals surface area contributed by atoms with Crippen LogP contribution in [-0.2, 0) is 13.1 Å². The molecule has 1 N–H and O–H groups in total. The molecular formula is C17H28N2O. The van der Waals surface area contributed by atoms with Crippen LogP contribution in [0, 0.1) is 5.92 Å². The summed E-state index contributed by atoms with van der Waals surface area (Å²) >= 11 is 0. The van der Waals surface area contributed by atoms with E-state index >= 15 is 0 Å². The molecule has 1 aromatic rings. The van der Waals surface area contributed by atoms with Gasteiger partial charge in [-0.05, 0) is 56.6 Å². The topological polar surface area (TPSA) is 24.5 Å². The lowest BCUT2D eigenvalue weighted by atomic mass is 9.94. The van der Waals surface area contributed by atoms with Gasteiger partial charge in [0.1, 0.15) is 5.75 Å². The van der Waals surface area contributed by atoms with Crippen molar-refractivity contribution in [3.63, 3.8) is 0 Å². The Morgan fingerprint density at radius 1 is 1.30 bits per heavy atom. The summed E-state index contributed by atoms with van der Waals surface area (Å²) in [7, 11) is 3.75. The number of ether oxygens (including phenoxy) is 1. The molecule has 0 bridgehead atoms. The van der Waals surface area contributed by atoms with Crippen LogP contribution in [0.2, 0.25) is 0 Å². The third-order valence-corrected chi connectivity index (χ3v) is 4.40. The Kier molecular flexibility index (Phi) is 5.86. The van der Waals surface area contributed by atoms with Gasteiger partial charge in [-0.2, -0.15) is 0 Å². The van der Waals surface area contributed by atoms with E-state index in [2.05, 4.69) is 35.3 Å². The number of methoxy groups -OCH3 is 1. The summed E-state index contributed by atoms with van der Waals surface area (Å²) in [6.07, 6.45) is 4.01. The highest BCUT2D eigenvalue weighted by Gasteiger charge is 2.18. The average Bonchev–Trinajstić information content (AvgIpc) is 2.49. The van der Waals surface area contributed by atoms with Crippen LogP contribution in [0.15, 0.2) is 18.2 Å². The molecule has 0 atom stereocenters. The number of nitrogens with zero attached hydrogens (tertiary/aromatic N) is 1. The highest BCUT2D eigenvalue weighted by Crippen LogP contribution is 2.25. The van der Waals surface area contributed by atoms with Crippen molar-refractivity contribution in [2.45, 2.75) is 39.3 Å². The molecule has 0 aliphatic carbocycles. The Morgan fingerprint density at radius 3 is 2.65 bits per heavy atom. The smallest absolute Gasteiger partial charge is 0.123 e. The molecule has 0 amide bonds. The Labute approximate surface area is 123 Å². The first-order valence-electron chi connectivity index (χ1n) is 7.79. The molecule has 1 heterocycles. The molecule has 0 unspecified atom stereocenters. The fourth-order valence-corrected chi connectivity index (χ4v) is 3.06. The lowest BCUT2D eigenvalue weighted by Crippen LogP contribution is -2.33. The molecule has 2 rings (SSSR count). The molecule has 0 aromatic heterocycles. The fourth-order valence-electron chi connectivity index (χ4n) is 3.06. The second kappa shape index (κ2) is 7.65. The van der Waals surface area contributed by atoms with Crippen molar-refractivity contribution in [2.75, 3.05) is 27.2 Å². The zero-order chi connectivity index (χ0) is 14.4. The van der Waals surface area contributed by atoms with E-state index in [1.807, 2.05) is 7.05 Å². The van der Waals surface area contributed by atoms with E-state index in [-0.39, 0.29) is 0 Å². The number of nitrogens with one attached hydrogen (secondary N) is 1. The lowest BCUT2D eigenvalue weighted by molar-refractivity contribution is 0.173. The lowest BCUT2D eigenvalue weighted by Gasteiger charge is -2.31. The number of piperidine rings is 1. The van der Waals surface area contributed by atoms with Crippen molar-refractivity contribution >= 4 is 0 Å². The van der Waals surface area contributed by atoms with E-state index in [4.69, 9.17) is 4.74 Å². The third kappa shape index (κ3) is 3.97. The molecule has 1 aromatic carbocycles. The van der Waals surface area contributed by atoms with E-state index in [0.29, 0.717) is 0 Å². The normalized spacial score (nSPS) is 17.4. The van der Waals surface area contributed by atoms with Crippen molar-refractivity contribution in [2.24, 2.45) is 5.92 Å². The van der Waals surface area contributed by atoms with E-state index in [1.165, 1.54) is 43.5 Å².